The van der Waals surface area contributed by atoms with Gasteiger partial charge >= 0.3 is 5.97 Å². The second-order valence-corrected chi connectivity index (χ2v) is 9.58. The summed E-state index contributed by atoms with van der Waals surface area (Å²) in [5.74, 6) is 0.227. The Balaban J connectivity index is 1.44. The standard InChI is InChI=1S/C28H28ClNO5/c1-28(15-19-3-8-23(29)9-4-19)16-22-13-21(7-12-25(22)35-28)14-26(31)30(18-27(32)33)17-20-5-10-24(34-2)11-6-20/h3-13H,14-18H2,1-2H3,(H,32,33)/t28-/m1/s1. The number of hydrogen-bond acceptors (Lipinski definition) is 4. The number of rotatable bonds is 9. The van der Waals surface area contributed by atoms with Crippen molar-refractivity contribution >= 4 is 23.5 Å². The van der Waals surface area contributed by atoms with Crippen LogP contribution in [0.5, 0.6) is 11.5 Å². The lowest BCUT2D eigenvalue weighted by Gasteiger charge is -2.24. The number of amides is 1. The van der Waals surface area contributed by atoms with Crippen LogP contribution in [0.1, 0.15) is 29.2 Å². The van der Waals surface area contributed by atoms with E-state index in [1.165, 1.54) is 4.90 Å². The van der Waals surface area contributed by atoms with Crippen molar-refractivity contribution in [2.75, 3.05) is 13.7 Å². The summed E-state index contributed by atoms with van der Waals surface area (Å²) in [5, 5.41) is 10.0. The molecule has 0 bridgehead atoms. The summed E-state index contributed by atoms with van der Waals surface area (Å²) in [4.78, 5) is 25.8. The van der Waals surface area contributed by atoms with Crippen LogP contribution in [0.25, 0.3) is 0 Å². The molecule has 1 aliphatic heterocycles. The van der Waals surface area contributed by atoms with Crippen molar-refractivity contribution in [2.24, 2.45) is 0 Å². The Morgan fingerprint density at radius 3 is 2.34 bits per heavy atom. The van der Waals surface area contributed by atoms with Crippen molar-refractivity contribution in [3.05, 3.63) is 94.0 Å². The predicted octanol–water partition coefficient (Wildman–Crippen LogP) is 4.94. The summed E-state index contributed by atoms with van der Waals surface area (Å²) in [5.41, 5.74) is 3.47. The van der Waals surface area contributed by atoms with Crippen molar-refractivity contribution < 1.29 is 24.2 Å². The Hall–Kier alpha value is -3.51. The molecule has 0 aliphatic carbocycles. The zero-order valence-electron chi connectivity index (χ0n) is 19.8. The summed E-state index contributed by atoms with van der Waals surface area (Å²) in [7, 11) is 1.58. The number of ether oxygens (including phenoxy) is 2. The number of carboxylic acid groups (broad SMARTS) is 1. The van der Waals surface area contributed by atoms with Crippen molar-refractivity contribution in [3.8, 4) is 11.5 Å². The Morgan fingerprint density at radius 1 is 1.03 bits per heavy atom. The molecule has 35 heavy (non-hydrogen) atoms. The molecular formula is C28H28ClNO5. The SMILES string of the molecule is COc1ccc(CN(CC(=O)O)C(=O)Cc2ccc3c(c2)C[C@@](C)(Cc2ccc(Cl)cc2)O3)cc1. The average molecular weight is 494 g/mol. The van der Waals surface area contributed by atoms with E-state index in [-0.39, 0.29) is 31.0 Å². The highest BCUT2D eigenvalue weighted by Gasteiger charge is 2.35. The maximum absolute atomic E-state index is 13.1. The van der Waals surface area contributed by atoms with E-state index in [2.05, 4.69) is 6.92 Å². The smallest absolute Gasteiger partial charge is 0.323 e. The largest absolute Gasteiger partial charge is 0.497 e. The van der Waals surface area contributed by atoms with Crippen LogP contribution in [0.3, 0.4) is 0 Å². The molecule has 0 spiro atoms. The van der Waals surface area contributed by atoms with Gasteiger partial charge in [0.15, 0.2) is 0 Å². The molecule has 1 atom stereocenters. The maximum atomic E-state index is 13.1. The van der Waals surface area contributed by atoms with Crippen LogP contribution in [0.15, 0.2) is 66.7 Å². The molecule has 7 heteroatoms. The van der Waals surface area contributed by atoms with Gasteiger partial charge in [0, 0.05) is 24.4 Å². The predicted molar refractivity (Wildman–Crippen MR) is 134 cm³/mol. The number of methoxy groups -OCH3 is 1. The first kappa shape index (κ1) is 24.6. The number of benzene rings is 3. The molecule has 1 amide bonds. The Bertz CT molecular complexity index is 1210. The molecule has 4 rings (SSSR count). The van der Waals surface area contributed by atoms with Crippen LogP contribution in [-0.2, 0) is 35.4 Å². The molecule has 1 heterocycles. The number of halogens is 1. The number of carbonyl (C=O) groups excluding carboxylic acids is 1. The Kier molecular flexibility index (Phi) is 7.31. The molecular weight excluding hydrogens is 466 g/mol. The Labute approximate surface area is 210 Å². The van der Waals surface area contributed by atoms with E-state index >= 15 is 0 Å². The van der Waals surface area contributed by atoms with E-state index < -0.39 is 5.97 Å². The highest BCUT2D eigenvalue weighted by Crippen LogP contribution is 2.37. The lowest BCUT2D eigenvalue weighted by Crippen LogP contribution is -2.36. The van der Waals surface area contributed by atoms with E-state index in [0.29, 0.717) is 10.8 Å². The van der Waals surface area contributed by atoms with E-state index in [1.807, 2.05) is 54.6 Å². The molecule has 1 N–H and O–H groups in total. The van der Waals surface area contributed by atoms with Crippen LogP contribution in [0, 0.1) is 0 Å². The third-order valence-electron chi connectivity index (χ3n) is 6.10. The highest BCUT2D eigenvalue weighted by molar-refractivity contribution is 6.30. The minimum atomic E-state index is -1.05. The molecule has 0 fully saturated rings. The fourth-order valence-electron chi connectivity index (χ4n) is 4.45. The van der Waals surface area contributed by atoms with Crippen molar-refractivity contribution in [2.45, 2.75) is 38.3 Å². The van der Waals surface area contributed by atoms with Gasteiger partial charge in [-0.05, 0) is 59.5 Å². The lowest BCUT2D eigenvalue weighted by molar-refractivity contribution is -0.144. The number of hydrogen-bond donors (Lipinski definition) is 1. The van der Waals surface area contributed by atoms with Crippen molar-refractivity contribution in [1.82, 2.24) is 4.90 Å². The molecule has 3 aromatic rings. The van der Waals surface area contributed by atoms with Gasteiger partial charge in [0.05, 0.1) is 13.5 Å². The van der Waals surface area contributed by atoms with Crippen LogP contribution in [0.4, 0.5) is 0 Å². The summed E-state index contributed by atoms with van der Waals surface area (Å²) in [6, 6.07) is 20.8. The second kappa shape index (κ2) is 10.4. The molecule has 0 saturated carbocycles. The molecule has 0 unspecified atom stereocenters. The lowest BCUT2D eigenvalue weighted by atomic mass is 9.91. The fraction of sp³-hybridized carbons (Fsp3) is 0.286. The summed E-state index contributed by atoms with van der Waals surface area (Å²) in [6.07, 6.45) is 1.57. The molecule has 0 radical (unpaired) electrons. The summed E-state index contributed by atoms with van der Waals surface area (Å²) < 4.78 is 11.4. The third-order valence-corrected chi connectivity index (χ3v) is 6.36. The first-order valence-corrected chi connectivity index (χ1v) is 11.8. The quantitative estimate of drug-likeness (QED) is 0.457. The number of aliphatic carboxylic acids is 1. The van der Waals surface area contributed by atoms with E-state index in [1.54, 1.807) is 19.2 Å². The van der Waals surface area contributed by atoms with Crippen molar-refractivity contribution in [1.29, 1.82) is 0 Å². The van der Waals surface area contributed by atoms with Gasteiger partial charge in [-0.2, -0.15) is 0 Å². The van der Waals surface area contributed by atoms with Gasteiger partial charge in [-0.1, -0.05) is 48.0 Å². The summed E-state index contributed by atoms with van der Waals surface area (Å²) >= 11 is 6.00. The maximum Gasteiger partial charge on any atom is 0.323 e. The number of fused-ring (bicyclic) bond motifs is 1. The van der Waals surface area contributed by atoms with Crippen LogP contribution < -0.4 is 9.47 Å². The molecule has 1 aliphatic rings. The third kappa shape index (κ3) is 6.34. The van der Waals surface area contributed by atoms with E-state index in [9.17, 15) is 14.7 Å². The van der Waals surface area contributed by atoms with Crippen LogP contribution >= 0.6 is 11.6 Å². The van der Waals surface area contributed by atoms with Gasteiger partial charge in [0.25, 0.3) is 0 Å². The van der Waals surface area contributed by atoms with Gasteiger partial charge in [-0.3, -0.25) is 9.59 Å². The molecule has 182 valence electrons. The molecule has 3 aromatic carbocycles. The zero-order chi connectivity index (χ0) is 25.0. The van der Waals surface area contributed by atoms with Crippen molar-refractivity contribution in [3.63, 3.8) is 0 Å². The summed E-state index contributed by atoms with van der Waals surface area (Å²) in [6.45, 7) is 1.93. The van der Waals surface area contributed by atoms with Crippen LogP contribution in [0.2, 0.25) is 5.02 Å². The van der Waals surface area contributed by atoms with Gasteiger partial charge < -0.3 is 19.5 Å². The average Bonchev–Trinajstić information content (AvgIpc) is 3.15. The minimum absolute atomic E-state index is 0.116. The van der Waals surface area contributed by atoms with Gasteiger partial charge in [0.2, 0.25) is 5.91 Å². The van der Waals surface area contributed by atoms with E-state index in [4.69, 9.17) is 21.1 Å². The Morgan fingerprint density at radius 2 is 1.69 bits per heavy atom. The molecule has 0 saturated heterocycles. The minimum Gasteiger partial charge on any atom is -0.497 e. The van der Waals surface area contributed by atoms with Gasteiger partial charge in [-0.15, -0.1) is 0 Å². The number of nitrogens with zero attached hydrogens (tertiary/aromatic N) is 1. The van der Waals surface area contributed by atoms with Gasteiger partial charge in [-0.25, -0.2) is 0 Å². The second-order valence-electron chi connectivity index (χ2n) is 9.14. The van der Waals surface area contributed by atoms with Crippen LogP contribution in [-0.4, -0.2) is 41.1 Å². The van der Waals surface area contributed by atoms with Gasteiger partial charge in [0.1, 0.15) is 23.6 Å². The first-order valence-electron chi connectivity index (χ1n) is 11.4. The van der Waals surface area contributed by atoms with E-state index in [0.717, 1.165) is 40.8 Å². The number of carboxylic acids is 1. The topological polar surface area (TPSA) is 76.1 Å². The fourth-order valence-corrected chi connectivity index (χ4v) is 4.58. The zero-order valence-corrected chi connectivity index (χ0v) is 20.5. The molecule has 6 nitrogen and oxygen atoms in total. The first-order chi connectivity index (χ1) is 16.7. The highest BCUT2D eigenvalue weighted by atomic mass is 35.5. The normalized spacial score (nSPS) is 16.3. The monoisotopic (exact) mass is 493 g/mol. The molecule has 0 aromatic heterocycles. The number of carbonyl (C=O) groups is 2.